The van der Waals surface area contributed by atoms with E-state index in [4.69, 9.17) is 5.73 Å². The van der Waals surface area contributed by atoms with Crippen LogP contribution in [0.4, 0.5) is 5.69 Å². The number of rotatable bonds is 2. The summed E-state index contributed by atoms with van der Waals surface area (Å²) in [6, 6.07) is 5.83. The van der Waals surface area contributed by atoms with Gasteiger partial charge in [0.2, 0.25) is 0 Å². The summed E-state index contributed by atoms with van der Waals surface area (Å²) < 4.78 is 5.80. The first-order chi connectivity index (χ1) is 8.74. The molecule has 0 amide bonds. The molecular weight excluding hydrogens is 332 g/mol. The van der Waals surface area contributed by atoms with Crippen LogP contribution < -0.4 is 5.73 Å². The van der Waals surface area contributed by atoms with E-state index in [0.29, 0.717) is 0 Å². The first-order valence-corrected chi connectivity index (χ1v) is 7.40. The van der Waals surface area contributed by atoms with Crippen LogP contribution in [0, 0.1) is 0 Å². The number of halogens is 1. The van der Waals surface area contributed by atoms with Crippen molar-refractivity contribution in [2.45, 2.75) is 9.24 Å². The van der Waals surface area contributed by atoms with Crippen LogP contribution in [-0.4, -0.2) is 14.3 Å². The molecule has 0 fully saturated rings. The molecule has 3 aromatic rings. The van der Waals surface area contributed by atoms with E-state index < -0.39 is 0 Å². The van der Waals surface area contributed by atoms with Gasteiger partial charge < -0.3 is 5.73 Å². The highest BCUT2D eigenvalue weighted by molar-refractivity contribution is 9.10. The summed E-state index contributed by atoms with van der Waals surface area (Å²) in [5.74, 6) is 0. The Kier molecular flexibility index (Phi) is 3.19. The van der Waals surface area contributed by atoms with Crippen molar-refractivity contribution in [1.29, 1.82) is 0 Å². The van der Waals surface area contributed by atoms with Gasteiger partial charge in [0.05, 0.1) is 5.52 Å². The van der Waals surface area contributed by atoms with Crippen molar-refractivity contribution >= 4 is 55.8 Å². The average molecular weight is 339 g/mol. The Bertz CT molecular complexity index is 700. The molecule has 0 atom stereocenters. The molecule has 0 aliphatic carbocycles. The van der Waals surface area contributed by atoms with Crippen LogP contribution in [0.5, 0.6) is 0 Å². The molecule has 1 aromatic carbocycles. The highest BCUT2D eigenvalue weighted by Crippen LogP contribution is 2.35. The largest absolute Gasteiger partial charge is 0.398 e. The number of nitrogen functional groups attached to an aromatic ring is 1. The van der Waals surface area contributed by atoms with Gasteiger partial charge in [0.1, 0.15) is 6.33 Å². The lowest BCUT2D eigenvalue weighted by Gasteiger charge is -2.06. The van der Waals surface area contributed by atoms with Gasteiger partial charge in [0, 0.05) is 26.6 Å². The molecule has 0 saturated carbocycles. The monoisotopic (exact) mass is 338 g/mol. The number of benzene rings is 1. The zero-order valence-corrected chi connectivity index (χ0v) is 12.2. The van der Waals surface area contributed by atoms with Crippen LogP contribution in [0.25, 0.3) is 10.9 Å². The number of hydrogen-bond acceptors (Lipinski definition) is 6. The molecule has 0 aliphatic heterocycles. The lowest BCUT2D eigenvalue weighted by atomic mass is 10.2. The number of nitrogens with zero attached hydrogens (tertiary/aromatic N) is 3. The lowest BCUT2D eigenvalue weighted by Crippen LogP contribution is -1.90. The number of nitrogens with two attached hydrogens (primary N) is 1. The van der Waals surface area contributed by atoms with E-state index in [2.05, 4.69) is 30.3 Å². The molecule has 2 N–H and O–H groups in total. The van der Waals surface area contributed by atoms with E-state index in [1.807, 2.05) is 18.2 Å². The van der Waals surface area contributed by atoms with Gasteiger partial charge in [-0.1, -0.05) is 11.8 Å². The van der Waals surface area contributed by atoms with Crippen molar-refractivity contribution in [3.63, 3.8) is 0 Å². The van der Waals surface area contributed by atoms with E-state index in [-0.39, 0.29) is 0 Å². The fourth-order valence-electron chi connectivity index (χ4n) is 1.57. The highest BCUT2D eigenvalue weighted by atomic mass is 79.9. The predicted molar refractivity (Wildman–Crippen MR) is 77.9 cm³/mol. The molecule has 2 heterocycles. The molecule has 0 unspecified atom stereocenters. The normalized spacial score (nSPS) is 10.9. The first kappa shape index (κ1) is 11.9. The Balaban J connectivity index is 2.15. The summed E-state index contributed by atoms with van der Waals surface area (Å²) in [4.78, 5) is 9.62. The second kappa shape index (κ2) is 4.83. The first-order valence-electron chi connectivity index (χ1n) is 5.02. The summed E-state index contributed by atoms with van der Waals surface area (Å²) in [6.07, 6.45) is 3.32. The van der Waals surface area contributed by atoms with Crippen LogP contribution in [0.15, 0.2) is 44.4 Å². The van der Waals surface area contributed by atoms with Crippen molar-refractivity contribution in [1.82, 2.24) is 14.3 Å². The second-order valence-electron chi connectivity index (χ2n) is 3.51. The van der Waals surface area contributed by atoms with Crippen LogP contribution in [-0.2, 0) is 0 Å². The topological polar surface area (TPSA) is 64.7 Å². The summed E-state index contributed by atoms with van der Waals surface area (Å²) in [5.41, 5.74) is 7.58. The summed E-state index contributed by atoms with van der Waals surface area (Å²) in [5, 5.41) is 0.943. The van der Waals surface area contributed by atoms with Gasteiger partial charge >= 0.3 is 0 Å². The van der Waals surface area contributed by atoms with E-state index in [1.165, 1.54) is 11.5 Å². The van der Waals surface area contributed by atoms with Gasteiger partial charge in [-0.15, -0.1) is 0 Å². The number of hydrogen-bond donors (Lipinski definition) is 1. The van der Waals surface area contributed by atoms with Gasteiger partial charge in [-0.25, -0.2) is 4.98 Å². The number of aromatic nitrogens is 3. The molecule has 0 spiro atoms. The van der Waals surface area contributed by atoms with Crippen molar-refractivity contribution in [3.05, 3.63) is 35.2 Å². The summed E-state index contributed by atoms with van der Waals surface area (Å²) in [7, 11) is 0. The molecule has 0 aliphatic rings. The number of pyridine rings is 1. The molecule has 0 bridgehead atoms. The van der Waals surface area contributed by atoms with Gasteiger partial charge in [-0.05, 0) is 45.7 Å². The van der Waals surface area contributed by atoms with Crippen LogP contribution in [0.1, 0.15) is 0 Å². The van der Waals surface area contributed by atoms with Crippen molar-refractivity contribution in [2.24, 2.45) is 0 Å². The third kappa shape index (κ3) is 2.21. The zero-order chi connectivity index (χ0) is 12.5. The maximum atomic E-state index is 5.97. The Morgan fingerprint density at radius 3 is 2.94 bits per heavy atom. The van der Waals surface area contributed by atoms with Crippen molar-refractivity contribution in [2.75, 3.05) is 5.73 Å². The molecule has 0 radical (unpaired) electrons. The number of fused-ring (bicyclic) bond motifs is 1. The third-order valence-electron chi connectivity index (χ3n) is 2.35. The van der Waals surface area contributed by atoms with E-state index >= 15 is 0 Å². The standard InChI is InChI=1S/C11H7BrN4S2/c12-6-3-7-8(13)1-2-9(10(7)14-4-6)17-11-15-5-16-18-11/h1-5H,13H2. The minimum absolute atomic E-state index is 0.723. The Labute approximate surface area is 120 Å². The van der Waals surface area contributed by atoms with Crippen LogP contribution in [0.3, 0.4) is 0 Å². The highest BCUT2D eigenvalue weighted by Gasteiger charge is 2.09. The third-order valence-corrected chi connectivity index (χ3v) is 4.55. The van der Waals surface area contributed by atoms with Crippen molar-refractivity contribution < 1.29 is 0 Å². The average Bonchev–Trinajstić information content (AvgIpc) is 2.86. The predicted octanol–water partition coefficient (Wildman–Crippen LogP) is 3.58. The fourth-order valence-corrected chi connectivity index (χ4v) is 3.42. The Morgan fingerprint density at radius 1 is 1.28 bits per heavy atom. The SMILES string of the molecule is Nc1ccc(Sc2ncns2)c2ncc(Br)cc12. The van der Waals surface area contributed by atoms with Gasteiger partial charge in [0.15, 0.2) is 4.34 Å². The van der Waals surface area contributed by atoms with Crippen molar-refractivity contribution in [3.8, 4) is 0 Å². The Morgan fingerprint density at radius 2 is 2.17 bits per heavy atom. The Hall–Kier alpha value is -1.18. The maximum absolute atomic E-state index is 5.97. The van der Waals surface area contributed by atoms with E-state index in [0.717, 1.165) is 30.3 Å². The zero-order valence-electron chi connectivity index (χ0n) is 9.00. The molecule has 4 nitrogen and oxygen atoms in total. The molecule has 0 saturated heterocycles. The lowest BCUT2D eigenvalue weighted by molar-refractivity contribution is 1.21. The minimum Gasteiger partial charge on any atom is -0.398 e. The smallest absolute Gasteiger partial charge is 0.174 e. The van der Waals surface area contributed by atoms with Gasteiger partial charge in [0.25, 0.3) is 0 Å². The maximum Gasteiger partial charge on any atom is 0.174 e. The summed E-state index contributed by atoms with van der Waals surface area (Å²) in [6.45, 7) is 0. The summed E-state index contributed by atoms with van der Waals surface area (Å²) >= 11 is 6.32. The molecule has 7 heteroatoms. The molecule has 18 heavy (non-hydrogen) atoms. The van der Waals surface area contributed by atoms with Gasteiger partial charge in [-0.2, -0.15) is 4.37 Å². The molecule has 3 rings (SSSR count). The molecule has 90 valence electrons. The number of anilines is 1. The van der Waals surface area contributed by atoms with Crippen LogP contribution in [0.2, 0.25) is 0 Å². The fraction of sp³-hybridized carbons (Fsp3) is 0. The minimum atomic E-state index is 0.723. The van der Waals surface area contributed by atoms with E-state index in [9.17, 15) is 0 Å². The van der Waals surface area contributed by atoms with Crippen LogP contribution >= 0.6 is 39.2 Å². The second-order valence-corrected chi connectivity index (χ2v) is 6.50. The quantitative estimate of drug-likeness (QED) is 0.723. The molecule has 2 aromatic heterocycles. The molecular formula is C11H7BrN4S2. The van der Waals surface area contributed by atoms with Gasteiger partial charge in [-0.3, -0.25) is 4.98 Å². The van der Waals surface area contributed by atoms with E-state index in [1.54, 1.807) is 24.3 Å².